The number of methoxy groups -OCH3 is 1. The van der Waals surface area contributed by atoms with Gasteiger partial charge in [-0.3, -0.25) is 14.8 Å². The molecule has 1 unspecified atom stereocenters. The van der Waals surface area contributed by atoms with Gasteiger partial charge in [-0.2, -0.15) is 5.10 Å². The summed E-state index contributed by atoms with van der Waals surface area (Å²) in [6.07, 6.45) is 5.77. The molecule has 0 saturated carbocycles. The third-order valence-corrected chi connectivity index (χ3v) is 4.28. The highest BCUT2D eigenvalue weighted by Crippen LogP contribution is 2.37. The molecule has 1 aromatic carbocycles. The summed E-state index contributed by atoms with van der Waals surface area (Å²) in [5.74, 6) is -0.708. The Hall–Kier alpha value is -2.90. The molecule has 0 radical (unpaired) electrons. The number of aryl methyl sites for hydroxylation is 1. The number of rotatable bonds is 4. The second-order valence-corrected chi connectivity index (χ2v) is 5.75. The minimum Gasteiger partial charge on any atom is -0.465 e. The lowest BCUT2D eigenvalue weighted by molar-refractivity contribution is -0.385. The van der Waals surface area contributed by atoms with Gasteiger partial charge in [0.15, 0.2) is 0 Å². The van der Waals surface area contributed by atoms with Crippen LogP contribution in [0.25, 0.3) is 0 Å². The summed E-state index contributed by atoms with van der Waals surface area (Å²) in [7, 11) is 3.08. The van der Waals surface area contributed by atoms with Gasteiger partial charge in [-0.05, 0) is 25.0 Å². The van der Waals surface area contributed by atoms with E-state index >= 15 is 0 Å². The van der Waals surface area contributed by atoms with E-state index < -0.39 is 10.9 Å². The molecule has 1 aliphatic rings. The van der Waals surface area contributed by atoms with Gasteiger partial charge in [0.25, 0.3) is 5.69 Å². The van der Waals surface area contributed by atoms with Crippen molar-refractivity contribution in [3.05, 3.63) is 51.8 Å². The van der Waals surface area contributed by atoms with Gasteiger partial charge in [0.05, 0.1) is 24.3 Å². The summed E-state index contributed by atoms with van der Waals surface area (Å²) in [5.41, 5.74) is 1.58. The van der Waals surface area contributed by atoms with E-state index in [9.17, 15) is 14.9 Å². The zero-order valence-corrected chi connectivity index (χ0v) is 13.5. The molecule has 126 valence electrons. The van der Waals surface area contributed by atoms with Crippen LogP contribution < -0.4 is 4.90 Å². The number of nitro groups is 1. The van der Waals surface area contributed by atoms with Crippen LogP contribution in [-0.2, 0) is 11.8 Å². The molecule has 0 N–H and O–H groups in total. The van der Waals surface area contributed by atoms with Crippen molar-refractivity contribution in [3.63, 3.8) is 0 Å². The van der Waals surface area contributed by atoms with Gasteiger partial charge in [0.2, 0.25) is 0 Å². The standard InChI is InChI=1S/C16H18N4O4/c1-18-10-11(9-17-18)14-4-3-7-19(14)12-5-6-15(20(22)23)13(8-12)16(21)24-2/h5-6,8-10,14H,3-4,7H2,1-2H3. The van der Waals surface area contributed by atoms with Crippen molar-refractivity contribution >= 4 is 17.3 Å². The van der Waals surface area contributed by atoms with E-state index in [1.54, 1.807) is 16.8 Å². The number of esters is 1. The smallest absolute Gasteiger partial charge is 0.344 e. The van der Waals surface area contributed by atoms with Crippen molar-refractivity contribution in [1.29, 1.82) is 0 Å². The Balaban J connectivity index is 1.99. The number of ether oxygens (including phenoxy) is 1. The van der Waals surface area contributed by atoms with Crippen LogP contribution in [0.2, 0.25) is 0 Å². The predicted octanol–water partition coefficient (Wildman–Crippen LogP) is 2.46. The summed E-state index contributed by atoms with van der Waals surface area (Å²) in [4.78, 5) is 24.6. The second kappa shape index (κ2) is 6.31. The molecule has 1 aromatic heterocycles. The molecule has 1 aliphatic heterocycles. The Morgan fingerprint density at radius 2 is 2.25 bits per heavy atom. The average molecular weight is 330 g/mol. The molecule has 24 heavy (non-hydrogen) atoms. The molecule has 1 atom stereocenters. The maximum atomic E-state index is 11.9. The maximum Gasteiger partial charge on any atom is 0.344 e. The first-order valence-electron chi connectivity index (χ1n) is 7.63. The van der Waals surface area contributed by atoms with E-state index in [1.807, 2.05) is 19.4 Å². The van der Waals surface area contributed by atoms with Crippen LogP contribution in [0.4, 0.5) is 11.4 Å². The molecule has 0 bridgehead atoms. The van der Waals surface area contributed by atoms with Crippen molar-refractivity contribution in [3.8, 4) is 0 Å². The number of carbonyl (C=O) groups is 1. The predicted molar refractivity (Wildman–Crippen MR) is 87.0 cm³/mol. The topological polar surface area (TPSA) is 90.5 Å². The maximum absolute atomic E-state index is 11.9. The fourth-order valence-corrected chi connectivity index (χ4v) is 3.17. The summed E-state index contributed by atoms with van der Waals surface area (Å²) < 4.78 is 6.44. The van der Waals surface area contributed by atoms with Crippen molar-refractivity contribution in [2.75, 3.05) is 18.6 Å². The molecule has 0 amide bonds. The molecule has 8 heteroatoms. The number of nitrogens with zero attached hydrogens (tertiary/aromatic N) is 4. The van der Waals surface area contributed by atoms with Gasteiger partial charge in [-0.15, -0.1) is 0 Å². The molecular weight excluding hydrogens is 312 g/mol. The zero-order valence-electron chi connectivity index (χ0n) is 13.5. The molecule has 1 fully saturated rings. The zero-order chi connectivity index (χ0) is 17.3. The number of anilines is 1. The minimum atomic E-state index is -0.708. The number of carbonyl (C=O) groups excluding carboxylic acids is 1. The van der Waals surface area contributed by atoms with Gasteiger partial charge >= 0.3 is 5.97 Å². The van der Waals surface area contributed by atoms with Crippen LogP contribution in [0, 0.1) is 10.1 Å². The van der Waals surface area contributed by atoms with E-state index in [4.69, 9.17) is 0 Å². The summed E-state index contributed by atoms with van der Waals surface area (Å²) in [6, 6.07) is 4.73. The number of benzene rings is 1. The van der Waals surface area contributed by atoms with E-state index in [0.717, 1.165) is 30.6 Å². The lowest BCUT2D eigenvalue weighted by atomic mass is 10.1. The molecule has 2 heterocycles. The molecule has 1 saturated heterocycles. The van der Waals surface area contributed by atoms with E-state index in [2.05, 4.69) is 14.7 Å². The molecule has 0 aliphatic carbocycles. The Labute approximate surface area is 138 Å². The molecular formula is C16H18N4O4. The summed E-state index contributed by atoms with van der Waals surface area (Å²) in [5, 5.41) is 15.3. The molecule has 0 spiro atoms. The highest BCUT2D eigenvalue weighted by atomic mass is 16.6. The highest BCUT2D eigenvalue weighted by molar-refractivity contribution is 5.95. The number of hydrogen-bond acceptors (Lipinski definition) is 6. The normalized spacial score (nSPS) is 17.1. The number of nitro benzene ring substituents is 1. The first kappa shape index (κ1) is 16.0. The van der Waals surface area contributed by atoms with Gasteiger partial charge in [-0.25, -0.2) is 4.79 Å². The van der Waals surface area contributed by atoms with Crippen molar-refractivity contribution < 1.29 is 14.5 Å². The van der Waals surface area contributed by atoms with Crippen LogP contribution in [0.1, 0.15) is 34.8 Å². The largest absolute Gasteiger partial charge is 0.465 e. The SMILES string of the molecule is COC(=O)c1cc(N2CCCC2c2cnn(C)c2)ccc1[N+](=O)[O-]. The fraction of sp³-hybridized carbons (Fsp3) is 0.375. The van der Waals surface area contributed by atoms with Crippen LogP contribution in [0.15, 0.2) is 30.6 Å². The third-order valence-electron chi connectivity index (χ3n) is 4.28. The second-order valence-electron chi connectivity index (χ2n) is 5.75. The Bertz CT molecular complexity index is 786. The van der Waals surface area contributed by atoms with E-state index in [0.29, 0.717) is 0 Å². The van der Waals surface area contributed by atoms with Crippen LogP contribution in [-0.4, -0.2) is 34.3 Å². The number of aromatic nitrogens is 2. The van der Waals surface area contributed by atoms with Crippen LogP contribution in [0.3, 0.4) is 0 Å². The Morgan fingerprint density at radius 3 is 2.88 bits per heavy atom. The summed E-state index contributed by atoms with van der Waals surface area (Å²) in [6.45, 7) is 0.817. The van der Waals surface area contributed by atoms with E-state index in [-0.39, 0.29) is 17.3 Å². The Morgan fingerprint density at radius 1 is 1.46 bits per heavy atom. The quantitative estimate of drug-likeness (QED) is 0.486. The minimum absolute atomic E-state index is 0.0307. The molecule has 8 nitrogen and oxygen atoms in total. The van der Waals surface area contributed by atoms with E-state index in [1.165, 1.54) is 13.2 Å². The number of hydrogen-bond donors (Lipinski definition) is 0. The first-order valence-corrected chi connectivity index (χ1v) is 7.63. The van der Waals surface area contributed by atoms with Gasteiger partial charge in [-0.1, -0.05) is 0 Å². The molecule has 3 rings (SSSR count). The Kier molecular flexibility index (Phi) is 4.20. The van der Waals surface area contributed by atoms with Gasteiger partial charge in [0, 0.05) is 37.1 Å². The first-order chi connectivity index (χ1) is 11.5. The lowest BCUT2D eigenvalue weighted by Gasteiger charge is -2.26. The van der Waals surface area contributed by atoms with Crippen molar-refractivity contribution in [1.82, 2.24) is 9.78 Å². The van der Waals surface area contributed by atoms with Gasteiger partial charge < -0.3 is 9.64 Å². The average Bonchev–Trinajstić information content (AvgIpc) is 3.21. The van der Waals surface area contributed by atoms with Crippen molar-refractivity contribution in [2.24, 2.45) is 7.05 Å². The lowest BCUT2D eigenvalue weighted by Crippen LogP contribution is -2.22. The monoisotopic (exact) mass is 330 g/mol. The fourth-order valence-electron chi connectivity index (χ4n) is 3.17. The molecule has 2 aromatic rings. The third kappa shape index (κ3) is 2.82. The van der Waals surface area contributed by atoms with Crippen molar-refractivity contribution in [2.45, 2.75) is 18.9 Å². The van der Waals surface area contributed by atoms with Crippen LogP contribution in [0.5, 0.6) is 0 Å². The summed E-state index contributed by atoms with van der Waals surface area (Å²) >= 11 is 0. The van der Waals surface area contributed by atoms with Gasteiger partial charge in [0.1, 0.15) is 5.56 Å². The highest BCUT2D eigenvalue weighted by Gasteiger charge is 2.29. The van der Waals surface area contributed by atoms with Crippen LogP contribution >= 0.6 is 0 Å².